The van der Waals surface area contributed by atoms with Gasteiger partial charge in [-0.15, -0.1) is 11.3 Å². The number of rotatable bonds is 6. The average Bonchev–Trinajstić information content (AvgIpc) is 3.27. The van der Waals surface area contributed by atoms with Crippen molar-refractivity contribution < 1.29 is 9.59 Å². The molecule has 5 nitrogen and oxygen atoms in total. The molecule has 2 aromatic rings. The van der Waals surface area contributed by atoms with E-state index in [0.29, 0.717) is 28.2 Å². The van der Waals surface area contributed by atoms with Crippen molar-refractivity contribution in [1.82, 2.24) is 9.88 Å². The summed E-state index contributed by atoms with van der Waals surface area (Å²) in [7, 11) is 0. The maximum Gasteiger partial charge on any atom is 0.254 e. The summed E-state index contributed by atoms with van der Waals surface area (Å²) < 4.78 is 0. The molecule has 1 aromatic carbocycles. The van der Waals surface area contributed by atoms with Gasteiger partial charge in [0.1, 0.15) is 6.54 Å². The summed E-state index contributed by atoms with van der Waals surface area (Å²) in [4.78, 5) is 31.7. The first-order valence-corrected chi connectivity index (χ1v) is 8.98. The van der Waals surface area contributed by atoms with Crippen molar-refractivity contribution in [1.29, 1.82) is 0 Å². The van der Waals surface area contributed by atoms with Crippen LogP contribution in [0.25, 0.3) is 0 Å². The van der Waals surface area contributed by atoms with Crippen LogP contribution in [0, 0.1) is 12.8 Å². The standard InChI is InChI=1S/C17H18ClN3O2S/c1-11-8-19-17(24-11)20-15(22)10-21(9-12-5-6-12)16(23)13-3-2-4-14(18)7-13/h2-4,7-8,12H,5-6,9-10H2,1H3,(H,19,20,22). The van der Waals surface area contributed by atoms with Gasteiger partial charge in [0.2, 0.25) is 5.91 Å². The third kappa shape index (κ3) is 4.55. The number of aromatic nitrogens is 1. The molecule has 126 valence electrons. The van der Waals surface area contributed by atoms with Crippen LogP contribution in [0.4, 0.5) is 5.13 Å². The number of benzene rings is 1. The smallest absolute Gasteiger partial charge is 0.254 e. The highest BCUT2D eigenvalue weighted by atomic mass is 35.5. The van der Waals surface area contributed by atoms with E-state index in [1.165, 1.54) is 11.3 Å². The van der Waals surface area contributed by atoms with E-state index in [9.17, 15) is 9.59 Å². The summed E-state index contributed by atoms with van der Waals surface area (Å²) in [6, 6.07) is 6.81. The van der Waals surface area contributed by atoms with E-state index >= 15 is 0 Å². The molecule has 0 saturated heterocycles. The molecule has 1 aromatic heterocycles. The SMILES string of the molecule is Cc1cnc(NC(=O)CN(CC2CC2)C(=O)c2cccc(Cl)c2)s1. The summed E-state index contributed by atoms with van der Waals surface area (Å²) in [6.45, 7) is 2.53. The van der Waals surface area contributed by atoms with Gasteiger partial charge in [0.05, 0.1) is 0 Å². The van der Waals surface area contributed by atoms with Crippen molar-refractivity contribution in [3.63, 3.8) is 0 Å². The molecule has 1 aliphatic rings. The lowest BCUT2D eigenvalue weighted by molar-refractivity contribution is -0.116. The summed E-state index contributed by atoms with van der Waals surface area (Å²) in [5.41, 5.74) is 0.501. The molecule has 1 heterocycles. The molecule has 0 spiro atoms. The molecule has 0 radical (unpaired) electrons. The molecule has 0 unspecified atom stereocenters. The van der Waals surface area contributed by atoms with Crippen molar-refractivity contribution in [2.75, 3.05) is 18.4 Å². The third-order valence-corrected chi connectivity index (χ3v) is 4.80. The van der Waals surface area contributed by atoms with Crippen LogP contribution in [0.5, 0.6) is 0 Å². The Kier molecular flexibility index (Phi) is 5.16. The highest BCUT2D eigenvalue weighted by Crippen LogP contribution is 2.30. The lowest BCUT2D eigenvalue weighted by Crippen LogP contribution is -2.39. The van der Waals surface area contributed by atoms with E-state index in [-0.39, 0.29) is 18.4 Å². The van der Waals surface area contributed by atoms with E-state index in [1.54, 1.807) is 35.4 Å². The van der Waals surface area contributed by atoms with Crippen LogP contribution >= 0.6 is 22.9 Å². The van der Waals surface area contributed by atoms with Gasteiger partial charge >= 0.3 is 0 Å². The van der Waals surface area contributed by atoms with Gasteiger partial charge in [0.25, 0.3) is 5.91 Å². The topological polar surface area (TPSA) is 62.3 Å². The average molecular weight is 364 g/mol. The minimum atomic E-state index is -0.236. The summed E-state index contributed by atoms with van der Waals surface area (Å²) in [5.74, 6) is 0.0817. The van der Waals surface area contributed by atoms with Gasteiger partial charge in [-0.25, -0.2) is 4.98 Å². The lowest BCUT2D eigenvalue weighted by Gasteiger charge is -2.22. The fraction of sp³-hybridized carbons (Fsp3) is 0.353. The Bertz CT molecular complexity index is 758. The van der Waals surface area contributed by atoms with Gasteiger partial charge in [-0.2, -0.15) is 0 Å². The number of carbonyl (C=O) groups excluding carboxylic acids is 2. The predicted molar refractivity (Wildman–Crippen MR) is 95.6 cm³/mol. The Morgan fingerprint density at radius 3 is 2.83 bits per heavy atom. The number of amides is 2. The van der Waals surface area contributed by atoms with Gasteiger partial charge in [-0.1, -0.05) is 17.7 Å². The van der Waals surface area contributed by atoms with E-state index in [4.69, 9.17) is 11.6 Å². The first kappa shape index (κ1) is 16.9. The molecule has 0 bridgehead atoms. The van der Waals surface area contributed by atoms with Crippen LogP contribution in [0.15, 0.2) is 30.5 Å². The second-order valence-electron chi connectivity index (χ2n) is 5.96. The van der Waals surface area contributed by atoms with Crippen LogP contribution in [0.2, 0.25) is 5.02 Å². The van der Waals surface area contributed by atoms with Gasteiger partial charge in [0.15, 0.2) is 5.13 Å². The zero-order valence-corrected chi connectivity index (χ0v) is 14.9. The molecule has 24 heavy (non-hydrogen) atoms. The molecule has 0 aliphatic heterocycles. The highest BCUT2D eigenvalue weighted by molar-refractivity contribution is 7.15. The van der Waals surface area contributed by atoms with Gasteiger partial charge in [-0.3, -0.25) is 9.59 Å². The van der Waals surface area contributed by atoms with Crippen LogP contribution in [-0.4, -0.2) is 34.8 Å². The van der Waals surface area contributed by atoms with E-state index < -0.39 is 0 Å². The van der Waals surface area contributed by atoms with Crippen molar-refractivity contribution in [3.05, 3.63) is 45.9 Å². The van der Waals surface area contributed by atoms with Crippen molar-refractivity contribution in [2.24, 2.45) is 5.92 Å². The molecular formula is C17H18ClN3O2S. The second kappa shape index (κ2) is 7.32. The van der Waals surface area contributed by atoms with Crippen molar-refractivity contribution in [2.45, 2.75) is 19.8 Å². The van der Waals surface area contributed by atoms with Crippen LogP contribution in [0.1, 0.15) is 28.1 Å². The maximum absolute atomic E-state index is 12.7. The summed E-state index contributed by atoms with van der Waals surface area (Å²) in [6.07, 6.45) is 3.92. The summed E-state index contributed by atoms with van der Waals surface area (Å²) in [5, 5.41) is 3.82. The first-order valence-electron chi connectivity index (χ1n) is 7.78. The predicted octanol–water partition coefficient (Wildman–Crippen LogP) is 3.60. The largest absolute Gasteiger partial charge is 0.329 e. The Morgan fingerprint density at radius 2 is 2.21 bits per heavy atom. The number of carbonyl (C=O) groups is 2. The number of anilines is 1. The van der Waals surface area contributed by atoms with Crippen LogP contribution in [-0.2, 0) is 4.79 Å². The molecule has 3 rings (SSSR count). The molecular weight excluding hydrogens is 346 g/mol. The minimum absolute atomic E-state index is 0.0144. The van der Waals surface area contributed by atoms with Crippen LogP contribution < -0.4 is 5.32 Å². The highest BCUT2D eigenvalue weighted by Gasteiger charge is 2.28. The number of halogens is 1. The Hall–Kier alpha value is -1.92. The second-order valence-corrected chi connectivity index (χ2v) is 7.63. The number of hydrogen-bond donors (Lipinski definition) is 1. The van der Waals surface area contributed by atoms with E-state index in [0.717, 1.165) is 17.7 Å². The number of nitrogens with one attached hydrogen (secondary N) is 1. The van der Waals surface area contributed by atoms with Gasteiger partial charge in [0, 0.05) is 28.2 Å². The van der Waals surface area contributed by atoms with E-state index in [2.05, 4.69) is 10.3 Å². The number of nitrogens with zero attached hydrogens (tertiary/aromatic N) is 2. The zero-order chi connectivity index (χ0) is 17.1. The van der Waals surface area contributed by atoms with Crippen molar-refractivity contribution in [3.8, 4) is 0 Å². The van der Waals surface area contributed by atoms with Crippen LogP contribution in [0.3, 0.4) is 0 Å². The van der Waals surface area contributed by atoms with Gasteiger partial charge in [-0.05, 0) is 43.9 Å². The minimum Gasteiger partial charge on any atom is -0.329 e. The fourth-order valence-electron chi connectivity index (χ4n) is 2.38. The molecule has 1 N–H and O–H groups in total. The Balaban J connectivity index is 1.68. The zero-order valence-electron chi connectivity index (χ0n) is 13.3. The third-order valence-electron chi connectivity index (χ3n) is 3.74. The number of aryl methyl sites for hydroxylation is 1. The maximum atomic E-state index is 12.7. The number of hydrogen-bond acceptors (Lipinski definition) is 4. The Labute approximate surface area is 149 Å². The Morgan fingerprint density at radius 1 is 1.42 bits per heavy atom. The normalized spacial score (nSPS) is 13.6. The molecule has 7 heteroatoms. The van der Waals surface area contributed by atoms with Crippen molar-refractivity contribution >= 4 is 39.9 Å². The number of thiazole rings is 1. The van der Waals surface area contributed by atoms with Gasteiger partial charge < -0.3 is 10.2 Å². The van der Waals surface area contributed by atoms with E-state index in [1.807, 2.05) is 6.92 Å². The molecule has 1 aliphatic carbocycles. The summed E-state index contributed by atoms with van der Waals surface area (Å²) >= 11 is 7.38. The lowest BCUT2D eigenvalue weighted by atomic mass is 10.2. The first-order chi connectivity index (χ1) is 11.5. The molecule has 1 saturated carbocycles. The molecule has 0 atom stereocenters. The molecule has 1 fully saturated rings. The monoisotopic (exact) mass is 363 g/mol. The quantitative estimate of drug-likeness (QED) is 0.853. The molecule has 2 amide bonds. The fourth-order valence-corrected chi connectivity index (χ4v) is 3.25.